The summed E-state index contributed by atoms with van der Waals surface area (Å²) >= 11 is 0. The third kappa shape index (κ3) is 4.68. The second-order valence-corrected chi connectivity index (χ2v) is 5.48. The lowest BCUT2D eigenvalue weighted by Gasteiger charge is -2.16. The van der Waals surface area contributed by atoms with E-state index < -0.39 is 6.10 Å². The molecule has 0 saturated heterocycles. The number of hydrogen-bond donors (Lipinski definition) is 3. The van der Waals surface area contributed by atoms with Crippen LogP contribution in [0.2, 0.25) is 0 Å². The number of nitrogens with one attached hydrogen (secondary N) is 1. The zero-order chi connectivity index (χ0) is 18.4. The van der Waals surface area contributed by atoms with Crippen LogP contribution in [0.5, 0.6) is 11.5 Å². The van der Waals surface area contributed by atoms with Crippen molar-refractivity contribution >= 4 is 17.3 Å². The number of rotatable bonds is 7. The summed E-state index contributed by atoms with van der Waals surface area (Å²) in [6, 6.07) is 1.64. The Morgan fingerprint density at radius 1 is 1.44 bits per heavy atom. The van der Waals surface area contributed by atoms with Crippen LogP contribution in [-0.4, -0.2) is 32.7 Å². The van der Waals surface area contributed by atoms with E-state index in [2.05, 4.69) is 32.8 Å². The molecule has 0 saturated carbocycles. The summed E-state index contributed by atoms with van der Waals surface area (Å²) in [5.41, 5.74) is 7.58. The molecule has 2 aromatic heterocycles. The topological polar surface area (TPSA) is 106 Å². The number of pyridine rings is 1. The highest BCUT2D eigenvalue weighted by atomic mass is 16.5. The molecule has 0 spiro atoms. The summed E-state index contributed by atoms with van der Waals surface area (Å²) in [7, 11) is 0. The molecule has 2 aromatic rings. The van der Waals surface area contributed by atoms with Crippen LogP contribution in [-0.2, 0) is 0 Å². The highest BCUT2D eigenvalue weighted by Crippen LogP contribution is 2.32. The van der Waals surface area contributed by atoms with Gasteiger partial charge in [0.2, 0.25) is 5.95 Å². The van der Waals surface area contributed by atoms with E-state index >= 15 is 0 Å². The Kier molecular flexibility index (Phi) is 5.93. The Labute approximate surface area is 147 Å². The van der Waals surface area contributed by atoms with Gasteiger partial charge < -0.3 is 20.9 Å². The maximum atomic E-state index is 9.73. The van der Waals surface area contributed by atoms with Crippen molar-refractivity contribution in [1.82, 2.24) is 15.0 Å². The van der Waals surface area contributed by atoms with E-state index in [0.29, 0.717) is 36.0 Å². The number of terminal acetylenes is 1. The number of nitrogens with two attached hydrogens (primary N) is 1. The molecular formula is C18H21N5O2. The van der Waals surface area contributed by atoms with Gasteiger partial charge in [0.1, 0.15) is 11.4 Å². The van der Waals surface area contributed by atoms with Gasteiger partial charge >= 0.3 is 0 Å². The van der Waals surface area contributed by atoms with Gasteiger partial charge in [-0.05, 0) is 18.9 Å². The Bertz CT molecular complexity index is 814. The molecule has 2 rings (SSSR count). The summed E-state index contributed by atoms with van der Waals surface area (Å²) in [5, 5.41) is 12.8. The van der Waals surface area contributed by atoms with Crippen molar-refractivity contribution in [1.29, 1.82) is 0 Å². The van der Waals surface area contributed by atoms with Crippen LogP contribution in [0.4, 0.5) is 11.8 Å². The van der Waals surface area contributed by atoms with Gasteiger partial charge in [-0.2, -0.15) is 4.98 Å². The molecule has 7 heteroatoms. The summed E-state index contributed by atoms with van der Waals surface area (Å²) in [6.07, 6.45) is 8.58. The van der Waals surface area contributed by atoms with Crippen LogP contribution in [0.1, 0.15) is 31.5 Å². The van der Waals surface area contributed by atoms with E-state index in [1.807, 2.05) is 13.8 Å². The van der Waals surface area contributed by atoms with Crippen LogP contribution < -0.4 is 15.8 Å². The number of anilines is 2. The SMILES string of the molecule is C#Cc1cc(Oc2cnc(N)nc2NCC(O)CC)c(C(=C)C)cn1. The first kappa shape index (κ1) is 18.2. The fraction of sp³-hybridized carbons (Fsp3) is 0.278. The van der Waals surface area contributed by atoms with E-state index in [-0.39, 0.29) is 5.95 Å². The van der Waals surface area contributed by atoms with E-state index in [1.165, 1.54) is 6.20 Å². The normalized spacial score (nSPS) is 11.4. The predicted octanol–water partition coefficient (Wildman–Crippen LogP) is 2.44. The van der Waals surface area contributed by atoms with E-state index in [4.69, 9.17) is 16.9 Å². The molecular weight excluding hydrogens is 318 g/mol. The van der Waals surface area contributed by atoms with E-state index in [0.717, 1.165) is 11.1 Å². The third-order valence-electron chi connectivity index (χ3n) is 3.44. The molecule has 0 amide bonds. The zero-order valence-electron chi connectivity index (χ0n) is 14.3. The summed E-state index contributed by atoms with van der Waals surface area (Å²) in [5.74, 6) is 3.79. The van der Waals surface area contributed by atoms with Crippen molar-refractivity contribution in [3.63, 3.8) is 0 Å². The smallest absolute Gasteiger partial charge is 0.222 e. The fourth-order valence-electron chi connectivity index (χ4n) is 1.98. The minimum atomic E-state index is -0.510. The average molecular weight is 339 g/mol. The van der Waals surface area contributed by atoms with E-state index in [1.54, 1.807) is 12.3 Å². The molecule has 4 N–H and O–H groups in total. The molecule has 1 atom stereocenters. The van der Waals surface area contributed by atoms with Crippen LogP contribution in [0.3, 0.4) is 0 Å². The minimum absolute atomic E-state index is 0.0972. The Morgan fingerprint density at radius 2 is 2.20 bits per heavy atom. The molecule has 0 aliphatic rings. The van der Waals surface area contributed by atoms with Gasteiger partial charge in [0, 0.05) is 24.4 Å². The maximum Gasteiger partial charge on any atom is 0.222 e. The zero-order valence-corrected chi connectivity index (χ0v) is 14.3. The standard InChI is InChI=1S/C18H21N5O2/c1-5-12-7-15(14(9-20-12)11(3)4)25-16-10-22-18(19)23-17(16)21-8-13(24)6-2/h1,7,9-10,13,24H,3,6,8H2,2,4H3,(H3,19,21,22,23). The fourth-order valence-corrected chi connectivity index (χ4v) is 1.98. The van der Waals surface area contributed by atoms with Gasteiger partial charge in [0.15, 0.2) is 11.6 Å². The van der Waals surface area contributed by atoms with Crippen LogP contribution in [0, 0.1) is 12.3 Å². The van der Waals surface area contributed by atoms with Crippen molar-refractivity contribution < 1.29 is 9.84 Å². The highest BCUT2D eigenvalue weighted by Gasteiger charge is 2.14. The third-order valence-corrected chi connectivity index (χ3v) is 3.44. The van der Waals surface area contributed by atoms with E-state index in [9.17, 15) is 5.11 Å². The molecule has 0 bridgehead atoms. The molecule has 0 aliphatic carbocycles. The Hall–Kier alpha value is -3.11. The van der Waals surface area contributed by atoms with Gasteiger partial charge in [-0.3, -0.25) is 0 Å². The molecule has 0 fully saturated rings. The lowest BCUT2D eigenvalue weighted by atomic mass is 10.1. The minimum Gasteiger partial charge on any atom is -0.451 e. The predicted molar refractivity (Wildman–Crippen MR) is 98.2 cm³/mol. The number of nitrogen functional groups attached to an aromatic ring is 1. The second kappa shape index (κ2) is 8.13. The first-order chi connectivity index (χ1) is 11.9. The average Bonchev–Trinajstić information content (AvgIpc) is 2.61. The lowest BCUT2D eigenvalue weighted by Crippen LogP contribution is -2.19. The van der Waals surface area contributed by atoms with Crippen LogP contribution in [0.25, 0.3) is 5.57 Å². The summed E-state index contributed by atoms with van der Waals surface area (Å²) in [4.78, 5) is 12.2. The van der Waals surface area contributed by atoms with Crippen molar-refractivity contribution in [2.24, 2.45) is 0 Å². The van der Waals surface area contributed by atoms with Crippen molar-refractivity contribution in [2.75, 3.05) is 17.6 Å². The summed E-state index contributed by atoms with van der Waals surface area (Å²) in [6.45, 7) is 7.95. The van der Waals surface area contributed by atoms with Gasteiger partial charge in [-0.25, -0.2) is 9.97 Å². The second-order valence-electron chi connectivity index (χ2n) is 5.48. The highest BCUT2D eigenvalue weighted by molar-refractivity contribution is 5.68. The quantitative estimate of drug-likeness (QED) is 0.665. The van der Waals surface area contributed by atoms with Gasteiger partial charge in [0.25, 0.3) is 0 Å². The monoisotopic (exact) mass is 339 g/mol. The number of ether oxygens (including phenoxy) is 1. The molecule has 7 nitrogen and oxygen atoms in total. The van der Waals surface area contributed by atoms with Crippen molar-refractivity contribution in [3.8, 4) is 23.8 Å². The molecule has 2 heterocycles. The molecule has 25 heavy (non-hydrogen) atoms. The number of aliphatic hydroxyl groups is 1. The molecule has 130 valence electrons. The van der Waals surface area contributed by atoms with Crippen LogP contribution in [0.15, 0.2) is 25.0 Å². The number of aromatic nitrogens is 3. The van der Waals surface area contributed by atoms with Gasteiger partial charge in [-0.15, -0.1) is 6.42 Å². The maximum absolute atomic E-state index is 9.73. The summed E-state index contributed by atoms with van der Waals surface area (Å²) < 4.78 is 5.94. The number of allylic oxidation sites excluding steroid dienone is 1. The first-order valence-electron chi connectivity index (χ1n) is 7.79. The number of hydrogen-bond acceptors (Lipinski definition) is 7. The lowest BCUT2D eigenvalue weighted by molar-refractivity contribution is 0.183. The first-order valence-corrected chi connectivity index (χ1v) is 7.79. The number of nitrogens with zero attached hydrogens (tertiary/aromatic N) is 3. The van der Waals surface area contributed by atoms with Crippen molar-refractivity contribution in [2.45, 2.75) is 26.4 Å². The molecule has 0 radical (unpaired) electrons. The largest absolute Gasteiger partial charge is 0.451 e. The Morgan fingerprint density at radius 3 is 2.84 bits per heavy atom. The van der Waals surface area contributed by atoms with Crippen LogP contribution >= 0.6 is 0 Å². The molecule has 0 aliphatic heterocycles. The van der Waals surface area contributed by atoms with Crippen molar-refractivity contribution in [3.05, 3.63) is 36.3 Å². The Balaban J connectivity index is 2.37. The van der Waals surface area contributed by atoms with Gasteiger partial charge in [-0.1, -0.05) is 19.4 Å². The van der Waals surface area contributed by atoms with Gasteiger partial charge in [0.05, 0.1) is 12.3 Å². The number of aliphatic hydroxyl groups excluding tert-OH is 1. The molecule has 0 aromatic carbocycles. The molecule has 1 unspecified atom stereocenters.